The van der Waals surface area contributed by atoms with Gasteiger partial charge in [-0.3, -0.25) is 0 Å². The van der Waals surface area contributed by atoms with E-state index in [4.69, 9.17) is 0 Å². The van der Waals surface area contributed by atoms with E-state index in [0.717, 1.165) is 16.9 Å². The molecule has 0 spiro atoms. The molecule has 0 radical (unpaired) electrons. The molecule has 0 amide bonds. The molecule has 0 N–H and O–H groups in total. The molecule has 1 unspecified atom stereocenters. The van der Waals surface area contributed by atoms with Gasteiger partial charge in [-0.05, 0) is 37.1 Å². The second kappa shape index (κ2) is 5.32. The van der Waals surface area contributed by atoms with Crippen LogP contribution in [0.5, 0.6) is 0 Å². The van der Waals surface area contributed by atoms with Crippen molar-refractivity contribution >= 4 is 27.3 Å². The molecule has 2 rings (SSSR count). The Morgan fingerprint density at radius 2 is 2.06 bits per heavy atom. The van der Waals surface area contributed by atoms with E-state index in [1.165, 1.54) is 4.88 Å². The molecule has 90 valence electrons. The number of halogens is 2. The monoisotopic (exact) mass is 312 g/mol. The van der Waals surface area contributed by atoms with Crippen LogP contribution in [0, 0.1) is 12.7 Å². The van der Waals surface area contributed by atoms with E-state index in [1.807, 2.05) is 19.1 Å². The normalized spacial score (nSPS) is 12.7. The van der Waals surface area contributed by atoms with Gasteiger partial charge >= 0.3 is 0 Å². The van der Waals surface area contributed by atoms with Crippen LogP contribution >= 0.6 is 27.3 Å². The van der Waals surface area contributed by atoms with Crippen LogP contribution in [0.15, 0.2) is 30.3 Å². The van der Waals surface area contributed by atoms with Gasteiger partial charge in [-0.15, -0.1) is 11.3 Å². The maximum Gasteiger partial charge on any atom is 0.128 e. The van der Waals surface area contributed by atoms with Crippen molar-refractivity contribution in [3.8, 4) is 0 Å². The highest BCUT2D eigenvalue weighted by atomic mass is 79.9. The molecule has 2 aromatic rings. The predicted molar refractivity (Wildman–Crippen MR) is 75.6 cm³/mol. The molecule has 17 heavy (non-hydrogen) atoms. The first-order valence-electron chi connectivity index (χ1n) is 5.60. The summed E-state index contributed by atoms with van der Waals surface area (Å²) in [5.74, 6) is -0.140. The summed E-state index contributed by atoms with van der Waals surface area (Å²) in [5.41, 5.74) is 1.66. The zero-order valence-corrected chi connectivity index (χ0v) is 12.2. The van der Waals surface area contributed by atoms with E-state index in [-0.39, 0.29) is 10.6 Å². The van der Waals surface area contributed by atoms with Crippen molar-refractivity contribution in [1.29, 1.82) is 0 Å². The summed E-state index contributed by atoms with van der Waals surface area (Å²) in [6.45, 7) is 4.03. The maximum absolute atomic E-state index is 13.8. The second-order valence-corrected chi connectivity index (χ2v) is 6.16. The molecule has 1 aromatic carbocycles. The van der Waals surface area contributed by atoms with E-state index < -0.39 is 0 Å². The summed E-state index contributed by atoms with van der Waals surface area (Å²) >= 11 is 5.32. The van der Waals surface area contributed by atoms with Gasteiger partial charge in [-0.25, -0.2) is 4.39 Å². The molecule has 0 aliphatic heterocycles. The fourth-order valence-electron chi connectivity index (χ4n) is 1.71. The molecular formula is C14H14BrFS. The van der Waals surface area contributed by atoms with E-state index >= 15 is 0 Å². The van der Waals surface area contributed by atoms with Crippen LogP contribution in [-0.2, 0) is 6.42 Å². The predicted octanol–water partition coefficient (Wildman–Crippen LogP) is 5.24. The van der Waals surface area contributed by atoms with E-state index in [2.05, 4.69) is 35.0 Å². The van der Waals surface area contributed by atoms with Crippen molar-refractivity contribution in [2.45, 2.75) is 25.1 Å². The minimum atomic E-state index is -0.140. The first-order valence-corrected chi connectivity index (χ1v) is 7.33. The Morgan fingerprint density at radius 3 is 2.65 bits per heavy atom. The average Bonchev–Trinajstić information content (AvgIpc) is 2.76. The quantitative estimate of drug-likeness (QED) is 0.680. The van der Waals surface area contributed by atoms with Crippen LogP contribution in [0.4, 0.5) is 4.39 Å². The summed E-state index contributed by atoms with van der Waals surface area (Å²) in [7, 11) is 0. The SMILES string of the molecule is CCc1ccc(C(Br)c2ccc(C)cc2F)s1. The molecule has 3 heteroatoms. The summed E-state index contributed by atoms with van der Waals surface area (Å²) < 4.78 is 13.8. The first kappa shape index (κ1) is 12.8. The number of hydrogen-bond donors (Lipinski definition) is 0. The molecule has 0 nitrogen and oxygen atoms in total. The average molecular weight is 313 g/mol. The van der Waals surface area contributed by atoms with Gasteiger partial charge in [0.25, 0.3) is 0 Å². The maximum atomic E-state index is 13.8. The smallest absolute Gasteiger partial charge is 0.128 e. The van der Waals surface area contributed by atoms with E-state index in [1.54, 1.807) is 17.4 Å². The van der Waals surface area contributed by atoms with Crippen molar-refractivity contribution in [3.63, 3.8) is 0 Å². The highest BCUT2D eigenvalue weighted by molar-refractivity contribution is 9.09. The second-order valence-electron chi connectivity index (χ2n) is 4.05. The van der Waals surface area contributed by atoms with Crippen molar-refractivity contribution in [2.75, 3.05) is 0 Å². The first-order chi connectivity index (χ1) is 8.11. The van der Waals surface area contributed by atoms with Crippen LogP contribution in [0.25, 0.3) is 0 Å². The molecule has 0 fully saturated rings. The highest BCUT2D eigenvalue weighted by Gasteiger charge is 2.16. The van der Waals surface area contributed by atoms with Crippen molar-refractivity contribution < 1.29 is 4.39 Å². The lowest BCUT2D eigenvalue weighted by Gasteiger charge is -2.09. The molecule has 0 aliphatic carbocycles. The van der Waals surface area contributed by atoms with Gasteiger partial charge in [-0.1, -0.05) is 35.0 Å². The van der Waals surface area contributed by atoms with Gasteiger partial charge in [0.2, 0.25) is 0 Å². The molecule has 1 aromatic heterocycles. The van der Waals surface area contributed by atoms with Crippen LogP contribution in [0.2, 0.25) is 0 Å². The summed E-state index contributed by atoms with van der Waals surface area (Å²) in [4.78, 5) is 2.44. The third-order valence-electron chi connectivity index (χ3n) is 2.71. The van der Waals surface area contributed by atoms with Crippen LogP contribution < -0.4 is 0 Å². The summed E-state index contributed by atoms with van der Waals surface area (Å²) in [6.07, 6.45) is 1.03. The Hall–Kier alpha value is -0.670. The molecule has 1 atom stereocenters. The Kier molecular flexibility index (Phi) is 4.00. The van der Waals surface area contributed by atoms with Gasteiger partial charge in [-0.2, -0.15) is 0 Å². The summed E-state index contributed by atoms with van der Waals surface area (Å²) in [6, 6.07) is 9.57. The number of aryl methyl sites for hydroxylation is 2. The lowest BCUT2D eigenvalue weighted by atomic mass is 10.1. The third kappa shape index (κ3) is 2.78. The fraction of sp³-hybridized carbons (Fsp3) is 0.286. The van der Waals surface area contributed by atoms with Crippen LogP contribution in [-0.4, -0.2) is 0 Å². The van der Waals surface area contributed by atoms with Crippen LogP contribution in [0.3, 0.4) is 0 Å². The molecule has 0 bridgehead atoms. The standard InChI is InChI=1S/C14H14BrFS/c1-3-10-5-7-13(17-10)14(15)11-6-4-9(2)8-12(11)16/h4-8,14H,3H2,1-2H3. The minimum absolute atomic E-state index is 0.0478. The summed E-state index contributed by atoms with van der Waals surface area (Å²) in [5, 5.41) is 0. The third-order valence-corrected chi connectivity index (χ3v) is 5.29. The molecule has 1 heterocycles. The Morgan fingerprint density at radius 1 is 1.29 bits per heavy atom. The topological polar surface area (TPSA) is 0 Å². The van der Waals surface area contributed by atoms with Gasteiger partial charge in [0.05, 0.1) is 4.83 Å². The van der Waals surface area contributed by atoms with Crippen LogP contribution in [0.1, 0.15) is 32.6 Å². The molecule has 0 saturated heterocycles. The Labute approximate surface area is 114 Å². The minimum Gasteiger partial charge on any atom is -0.207 e. The molecular weight excluding hydrogens is 299 g/mol. The number of benzene rings is 1. The molecule has 0 aliphatic rings. The number of thiophene rings is 1. The largest absolute Gasteiger partial charge is 0.207 e. The van der Waals surface area contributed by atoms with Gasteiger partial charge in [0.15, 0.2) is 0 Å². The lowest BCUT2D eigenvalue weighted by molar-refractivity contribution is 0.613. The number of hydrogen-bond acceptors (Lipinski definition) is 1. The van der Waals surface area contributed by atoms with Crippen molar-refractivity contribution in [1.82, 2.24) is 0 Å². The zero-order valence-electron chi connectivity index (χ0n) is 9.84. The van der Waals surface area contributed by atoms with Gasteiger partial charge in [0, 0.05) is 15.3 Å². The number of rotatable bonds is 3. The Balaban J connectivity index is 2.33. The van der Waals surface area contributed by atoms with Gasteiger partial charge in [0.1, 0.15) is 5.82 Å². The number of alkyl halides is 1. The highest BCUT2D eigenvalue weighted by Crippen LogP contribution is 2.36. The van der Waals surface area contributed by atoms with E-state index in [0.29, 0.717) is 5.56 Å². The van der Waals surface area contributed by atoms with Crippen molar-refractivity contribution in [2.24, 2.45) is 0 Å². The fourth-order valence-corrected chi connectivity index (χ4v) is 3.47. The zero-order chi connectivity index (χ0) is 12.4. The molecule has 0 saturated carbocycles. The van der Waals surface area contributed by atoms with E-state index in [9.17, 15) is 4.39 Å². The van der Waals surface area contributed by atoms with Crippen molar-refractivity contribution in [3.05, 3.63) is 57.0 Å². The van der Waals surface area contributed by atoms with Gasteiger partial charge < -0.3 is 0 Å². The lowest BCUT2D eigenvalue weighted by Crippen LogP contribution is -1.94. The Bertz CT molecular complexity index is 519.